The van der Waals surface area contributed by atoms with E-state index >= 15 is 0 Å². The summed E-state index contributed by atoms with van der Waals surface area (Å²) in [4.78, 5) is 1.10. The first kappa shape index (κ1) is 16.6. The van der Waals surface area contributed by atoms with E-state index in [1.807, 2.05) is 13.1 Å². The average molecular weight is 304 g/mol. The highest BCUT2D eigenvalue weighted by Gasteiger charge is 2.23. The Bertz CT molecular complexity index is 483. The number of nitrogens with zero attached hydrogens (tertiary/aromatic N) is 1. The molecule has 19 heavy (non-hydrogen) atoms. The maximum atomic E-state index is 12.4. The zero-order valence-electron chi connectivity index (χ0n) is 12.1. The van der Waals surface area contributed by atoms with Crippen LogP contribution in [0.3, 0.4) is 0 Å². The van der Waals surface area contributed by atoms with Crippen LogP contribution in [0.15, 0.2) is 16.3 Å². The van der Waals surface area contributed by atoms with Gasteiger partial charge in [-0.2, -0.15) is 4.31 Å². The third-order valence-electron chi connectivity index (χ3n) is 3.19. The van der Waals surface area contributed by atoms with Gasteiger partial charge in [-0.3, -0.25) is 0 Å². The van der Waals surface area contributed by atoms with Gasteiger partial charge >= 0.3 is 0 Å². The first-order valence-corrected chi connectivity index (χ1v) is 8.87. The van der Waals surface area contributed by atoms with Crippen molar-refractivity contribution in [2.45, 2.75) is 30.9 Å². The van der Waals surface area contributed by atoms with Crippen molar-refractivity contribution < 1.29 is 8.42 Å². The predicted octanol–water partition coefficient (Wildman–Crippen LogP) is 2.18. The minimum Gasteiger partial charge on any atom is -0.319 e. The van der Waals surface area contributed by atoms with Gasteiger partial charge in [0.2, 0.25) is 0 Å². The average Bonchev–Trinajstić information content (AvgIpc) is 2.85. The van der Waals surface area contributed by atoms with Gasteiger partial charge in [-0.05, 0) is 38.1 Å². The minimum absolute atomic E-state index is 0.378. The molecule has 0 aliphatic rings. The first-order chi connectivity index (χ1) is 8.91. The zero-order valence-corrected chi connectivity index (χ0v) is 13.8. The topological polar surface area (TPSA) is 49.4 Å². The fraction of sp³-hybridized carbons (Fsp3) is 0.692. The van der Waals surface area contributed by atoms with Crippen LogP contribution >= 0.6 is 11.3 Å². The molecule has 1 unspecified atom stereocenters. The van der Waals surface area contributed by atoms with Gasteiger partial charge in [0.15, 0.2) is 0 Å². The summed E-state index contributed by atoms with van der Waals surface area (Å²) < 4.78 is 26.7. The Hall–Kier alpha value is -0.430. The van der Waals surface area contributed by atoms with E-state index in [2.05, 4.69) is 19.2 Å². The second-order valence-electron chi connectivity index (χ2n) is 4.87. The third kappa shape index (κ3) is 4.56. The summed E-state index contributed by atoms with van der Waals surface area (Å²) in [6.07, 6.45) is 1.85. The standard InChI is InChI=1S/C13H24N2O2S2/c1-5-11(2)10-15(4)19(16,17)13-7-6-12(18-13)8-9-14-3/h6-7,11,14H,5,8-10H2,1-4H3. The minimum atomic E-state index is -3.32. The fourth-order valence-corrected chi connectivity index (χ4v) is 4.56. The Morgan fingerprint density at radius 2 is 2.11 bits per heavy atom. The lowest BCUT2D eigenvalue weighted by Crippen LogP contribution is -2.30. The third-order valence-corrected chi connectivity index (χ3v) is 6.62. The molecule has 0 radical (unpaired) electrons. The van der Waals surface area contributed by atoms with E-state index in [1.165, 1.54) is 15.6 Å². The molecule has 1 aromatic heterocycles. The first-order valence-electron chi connectivity index (χ1n) is 6.61. The van der Waals surface area contributed by atoms with Crippen LogP contribution in [0.4, 0.5) is 0 Å². The van der Waals surface area contributed by atoms with Crippen LogP contribution in [0.25, 0.3) is 0 Å². The molecule has 0 fully saturated rings. The lowest BCUT2D eigenvalue weighted by molar-refractivity contribution is 0.394. The van der Waals surface area contributed by atoms with E-state index in [0.717, 1.165) is 24.3 Å². The van der Waals surface area contributed by atoms with Gasteiger partial charge < -0.3 is 5.32 Å². The second kappa shape index (κ2) is 7.38. The van der Waals surface area contributed by atoms with E-state index in [1.54, 1.807) is 13.1 Å². The van der Waals surface area contributed by atoms with Crippen LogP contribution in [0, 0.1) is 5.92 Å². The predicted molar refractivity (Wildman–Crippen MR) is 81.2 cm³/mol. The normalized spacial score (nSPS) is 13.9. The molecule has 6 heteroatoms. The molecule has 0 aromatic carbocycles. The number of likely N-dealkylation sites (N-methyl/N-ethyl adjacent to an activating group) is 1. The van der Waals surface area contributed by atoms with Gasteiger partial charge in [-0.25, -0.2) is 8.42 Å². The highest BCUT2D eigenvalue weighted by atomic mass is 32.2. The summed E-state index contributed by atoms with van der Waals surface area (Å²) in [5, 5.41) is 3.07. The van der Waals surface area contributed by atoms with E-state index in [-0.39, 0.29) is 0 Å². The van der Waals surface area contributed by atoms with Crippen molar-refractivity contribution >= 4 is 21.4 Å². The Morgan fingerprint density at radius 1 is 1.42 bits per heavy atom. The van der Waals surface area contributed by atoms with Crippen molar-refractivity contribution in [1.82, 2.24) is 9.62 Å². The molecular weight excluding hydrogens is 280 g/mol. The number of hydrogen-bond donors (Lipinski definition) is 1. The molecule has 0 spiro atoms. The van der Waals surface area contributed by atoms with E-state index in [0.29, 0.717) is 16.7 Å². The molecule has 0 amide bonds. The second-order valence-corrected chi connectivity index (χ2v) is 8.31. The van der Waals surface area contributed by atoms with Gasteiger partial charge in [0, 0.05) is 18.5 Å². The number of sulfonamides is 1. The fourth-order valence-electron chi connectivity index (χ4n) is 1.70. The number of hydrogen-bond acceptors (Lipinski definition) is 4. The van der Waals surface area contributed by atoms with Crippen molar-refractivity contribution in [2.75, 3.05) is 27.2 Å². The van der Waals surface area contributed by atoms with Crippen LogP contribution in [0.2, 0.25) is 0 Å². The van der Waals surface area contributed by atoms with Crippen molar-refractivity contribution in [1.29, 1.82) is 0 Å². The smallest absolute Gasteiger partial charge is 0.252 e. The van der Waals surface area contributed by atoms with Crippen LogP contribution in [-0.4, -0.2) is 39.9 Å². The van der Waals surface area contributed by atoms with Crippen LogP contribution in [-0.2, 0) is 16.4 Å². The van der Waals surface area contributed by atoms with Crippen molar-refractivity contribution in [2.24, 2.45) is 5.92 Å². The molecule has 1 aromatic rings. The summed E-state index contributed by atoms with van der Waals surface area (Å²) in [6.45, 7) is 5.58. The summed E-state index contributed by atoms with van der Waals surface area (Å²) in [7, 11) is 0.238. The van der Waals surface area contributed by atoms with E-state index in [4.69, 9.17) is 0 Å². The van der Waals surface area contributed by atoms with E-state index < -0.39 is 10.0 Å². The Kier molecular flexibility index (Phi) is 6.46. The monoisotopic (exact) mass is 304 g/mol. The molecule has 0 aliphatic heterocycles. The molecular formula is C13H24N2O2S2. The van der Waals surface area contributed by atoms with Gasteiger partial charge in [0.25, 0.3) is 10.0 Å². The van der Waals surface area contributed by atoms with Gasteiger partial charge in [-0.1, -0.05) is 20.3 Å². The quantitative estimate of drug-likeness (QED) is 0.801. The van der Waals surface area contributed by atoms with Crippen molar-refractivity contribution in [3.8, 4) is 0 Å². The van der Waals surface area contributed by atoms with Crippen molar-refractivity contribution in [3.05, 3.63) is 17.0 Å². The Balaban J connectivity index is 2.79. The summed E-state index contributed by atoms with van der Waals surface area (Å²) in [5.74, 6) is 0.378. The van der Waals surface area contributed by atoms with Crippen LogP contribution < -0.4 is 5.32 Å². The van der Waals surface area contributed by atoms with Crippen molar-refractivity contribution in [3.63, 3.8) is 0 Å². The lowest BCUT2D eigenvalue weighted by Gasteiger charge is -2.19. The molecule has 0 bridgehead atoms. The molecule has 1 atom stereocenters. The summed E-state index contributed by atoms with van der Waals surface area (Å²) in [5.41, 5.74) is 0. The maximum absolute atomic E-state index is 12.4. The van der Waals surface area contributed by atoms with Gasteiger partial charge in [-0.15, -0.1) is 11.3 Å². The van der Waals surface area contributed by atoms with Crippen LogP contribution in [0.1, 0.15) is 25.1 Å². The van der Waals surface area contributed by atoms with Gasteiger partial charge in [0.1, 0.15) is 4.21 Å². The number of thiophene rings is 1. The molecule has 0 saturated carbocycles. The molecule has 4 nitrogen and oxygen atoms in total. The highest BCUT2D eigenvalue weighted by Crippen LogP contribution is 2.25. The molecule has 0 saturated heterocycles. The maximum Gasteiger partial charge on any atom is 0.252 e. The number of rotatable bonds is 8. The lowest BCUT2D eigenvalue weighted by atomic mass is 10.1. The number of nitrogens with one attached hydrogen (secondary N) is 1. The summed E-state index contributed by atoms with van der Waals surface area (Å²) >= 11 is 1.37. The highest BCUT2D eigenvalue weighted by molar-refractivity contribution is 7.91. The Morgan fingerprint density at radius 3 is 2.68 bits per heavy atom. The Labute approximate surface area is 120 Å². The molecule has 1 rings (SSSR count). The van der Waals surface area contributed by atoms with Gasteiger partial charge in [0.05, 0.1) is 0 Å². The zero-order chi connectivity index (χ0) is 14.5. The SMILES string of the molecule is CCC(C)CN(C)S(=O)(=O)c1ccc(CCNC)s1. The summed E-state index contributed by atoms with van der Waals surface area (Å²) in [6, 6.07) is 3.63. The molecule has 1 heterocycles. The van der Waals surface area contributed by atoms with E-state index in [9.17, 15) is 8.42 Å². The molecule has 0 aliphatic carbocycles. The molecule has 110 valence electrons. The van der Waals surface area contributed by atoms with Crippen LogP contribution in [0.5, 0.6) is 0 Å². The molecule has 1 N–H and O–H groups in total. The largest absolute Gasteiger partial charge is 0.319 e.